The topological polar surface area (TPSA) is 115 Å². The summed E-state index contributed by atoms with van der Waals surface area (Å²) in [5.41, 5.74) is 9.33. The molecule has 0 aliphatic rings. The second kappa shape index (κ2) is 5.34. The fourth-order valence-electron chi connectivity index (χ4n) is 2.71. The number of carbonyl (C=O) groups excluding carboxylic acids is 1. The van der Waals surface area contributed by atoms with Crippen LogP contribution in [0.5, 0.6) is 0 Å². The molecule has 3 aromatic heterocycles. The van der Waals surface area contributed by atoms with Crippen LogP contribution in [0, 0.1) is 0 Å². The predicted octanol–water partition coefficient (Wildman–Crippen LogP) is 1.30. The van der Waals surface area contributed by atoms with Crippen LogP contribution in [0.15, 0.2) is 36.7 Å². The zero-order chi connectivity index (χ0) is 16.7. The standard InChI is InChI=1S/C16H15N7O/c1-18-14(24)8-23-7-11-15(22-23)10-3-2-9(12-4-5-19-21-12)6-13(10)20-16(11)17/h2-7H,8H2,1H3,(H2,17,20)(H,18,24)(H,19,21). The van der Waals surface area contributed by atoms with Crippen LogP contribution in [-0.2, 0) is 11.3 Å². The third-order valence-corrected chi connectivity index (χ3v) is 3.91. The van der Waals surface area contributed by atoms with Crippen LogP contribution in [0.1, 0.15) is 0 Å². The summed E-state index contributed by atoms with van der Waals surface area (Å²) in [5, 5.41) is 15.7. The highest BCUT2D eigenvalue weighted by Gasteiger charge is 2.13. The SMILES string of the molecule is CNC(=O)Cn1cc2c(N)nc3cc(-c4cc[nH]n4)ccc3c2n1. The van der Waals surface area contributed by atoms with E-state index < -0.39 is 0 Å². The molecule has 0 spiro atoms. The lowest BCUT2D eigenvalue weighted by molar-refractivity contribution is -0.121. The van der Waals surface area contributed by atoms with Gasteiger partial charge in [0.25, 0.3) is 0 Å². The van der Waals surface area contributed by atoms with Crippen LogP contribution in [0.25, 0.3) is 33.1 Å². The number of hydrogen-bond acceptors (Lipinski definition) is 5. The number of likely N-dealkylation sites (N-methyl/N-ethyl adjacent to an activating group) is 1. The molecule has 4 N–H and O–H groups in total. The monoisotopic (exact) mass is 321 g/mol. The Labute approximate surface area is 136 Å². The van der Waals surface area contributed by atoms with Gasteiger partial charge in [0.05, 0.1) is 16.6 Å². The van der Waals surface area contributed by atoms with Gasteiger partial charge in [-0.15, -0.1) is 0 Å². The van der Waals surface area contributed by atoms with E-state index in [1.807, 2.05) is 24.3 Å². The number of aromatic amines is 1. The zero-order valence-corrected chi connectivity index (χ0v) is 12.9. The molecule has 0 aliphatic carbocycles. The number of fused-ring (bicyclic) bond motifs is 3. The van der Waals surface area contributed by atoms with Crippen molar-refractivity contribution >= 4 is 33.5 Å². The second-order valence-electron chi connectivity index (χ2n) is 5.45. The highest BCUT2D eigenvalue weighted by atomic mass is 16.1. The molecule has 4 aromatic rings. The lowest BCUT2D eigenvalue weighted by Gasteiger charge is -2.03. The number of anilines is 1. The molecule has 0 unspecified atom stereocenters. The number of nitrogens with zero attached hydrogens (tertiary/aromatic N) is 4. The predicted molar refractivity (Wildman–Crippen MR) is 91.1 cm³/mol. The van der Waals surface area contributed by atoms with Crippen LogP contribution in [0.3, 0.4) is 0 Å². The van der Waals surface area contributed by atoms with E-state index in [9.17, 15) is 4.79 Å². The first-order chi connectivity index (χ1) is 11.7. The molecule has 8 heteroatoms. The van der Waals surface area contributed by atoms with Crippen molar-refractivity contribution in [2.24, 2.45) is 0 Å². The van der Waals surface area contributed by atoms with Crippen molar-refractivity contribution in [3.63, 3.8) is 0 Å². The second-order valence-corrected chi connectivity index (χ2v) is 5.45. The minimum atomic E-state index is -0.125. The molecule has 0 saturated carbocycles. The van der Waals surface area contributed by atoms with E-state index >= 15 is 0 Å². The van der Waals surface area contributed by atoms with Crippen LogP contribution in [0.2, 0.25) is 0 Å². The summed E-state index contributed by atoms with van der Waals surface area (Å²) >= 11 is 0. The smallest absolute Gasteiger partial charge is 0.241 e. The molecule has 0 bridgehead atoms. The number of aromatic nitrogens is 5. The largest absolute Gasteiger partial charge is 0.383 e. The maximum atomic E-state index is 11.6. The van der Waals surface area contributed by atoms with Gasteiger partial charge >= 0.3 is 0 Å². The summed E-state index contributed by atoms with van der Waals surface area (Å²) in [7, 11) is 1.59. The van der Waals surface area contributed by atoms with Crippen molar-refractivity contribution in [2.45, 2.75) is 6.54 Å². The van der Waals surface area contributed by atoms with Gasteiger partial charge in [-0.05, 0) is 18.2 Å². The van der Waals surface area contributed by atoms with Gasteiger partial charge in [-0.3, -0.25) is 14.6 Å². The van der Waals surface area contributed by atoms with Gasteiger partial charge in [0.15, 0.2) is 0 Å². The van der Waals surface area contributed by atoms with Crippen LogP contribution >= 0.6 is 0 Å². The lowest BCUT2D eigenvalue weighted by atomic mass is 10.1. The number of benzene rings is 1. The Hall–Kier alpha value is -3.42. The molecule has 3 heterocycles. The number of nitrogens with one attached hydrogen (secondary N) is 2. The van der Waals surface area contributed by atoms with Gasteiger partial charge in [0, 0.05) is 30.4 Å². The van der Waals surface area contributed by atoms with Gasteiger partial charge in [-0.1, -0.05) is 6.07 Å². The van der Waals surface area contributed by atoms with E-state index in [1.165, 1.54) is 0 Å². The van der Waals surface area contributed by atoms with E-state index in [2.05, 4.69) is 25.6 Å². The van der Waals surface area contributed by atoms with Crippen LogP contribution in [0.4, 0.5) is 5.82 Å². The van der Waals surface area contributed by atoms with Gasteiger partial charge in [-0.25, -0.2) is 4.98 Å². The van der Waals surface area contributed by atoms with Gasteiger partial charge < -0.3 is 11.1 Å². The average Bonchev–Trinajstić information content (AvgIpc) is 3.24. The molecule has 1 amide bonds. The van der Waals surface area contributed by atoms with E-state index in [4.69, 9.17) is 5.73 Å². The van der Waals surface area contributed by atoms with Crippen molar-refractivity contribution in [1.82, 2.24) is 30.3 Å². The average molecular weight is 321 g/mol. The van der Waals surface area contributed by atoms with E-state index in [0.29, 0.717) is 5.82 Å². The number of rotatable bonds is 3. The summed E-state index contributed by atoms with van der Waals surface area (Å²) in [4.78, 5) is 16.0. The molecule has 0 saturated heterocycles. The first kappa shape index (κ1) is 14.2. The molecule has 24 heavy (non-hydrogen) atoms. The molecule has 120 valence electrons. The third-order valence-electron chi connectivity index (χ3n) is 3.91. The normalized spacial score (nSPS) is 11.2. The first-order valence-electron chi connectivity index (χ1n) is 7.43. The quantitative estimate of drug-likeness (QED) is 0.526. The Morgan fingerprint density at radius 2 is 2.21 bits per heavy atom. The number of amides is 1. The van der Waals surface area contributed by atoms with E-state index in [-0.39, 0.29) is 12.5 Å². The number of pyridine rings is 1. The van der Waals surface area contributed by atoms with Gasteiger partial charge in [-0.2, -0.15) is 10.2 Å². The van der Waals surface area contributed by atoms with Gasteiger partial charge in [0.2, 0.25) is 5.91 Å². The van der Waals surface area contributed by atoms with Gasteiger partial charge in [0.1, 0.15) is 17.9 Å². The zero-order valence-electron chi connectivity index (χ0n) is 12.9. The Morgan fingerprint density at radius 3 is 2.96 bits per heavy atom. The number of carbonyl (C=O) groups is 1. The van der Waals surface area contributed by atoms with Crippen molar-refractivity contribution < 1.29 is 4.79 Å². The highest BCUT2D eigenvalue weighted by molar-refractivity contribution is 6.08. The summed E-state index contributed by atoms with van der Waals surface area (Å²) in [6.07, 6.45) is 3.51. The maximum Gasteiger partial charge on any atom is 0.241 e. The van der Waals surface area contributed by atoms with Crippen molar-refractivity contribution in [2.75, 3.05) is 12.8 Å². The first-order valence-corrected chi connectivity index (χ1v) is 7.43. The summed E-state index contributed by atoms with van der Waals surface area (Å²) in [6, 6.07) is 7.74. The molecule has 8 nitrogen and oxygen atoms in total. The Morgan fingerprint density at radius 1 is 1.33 bits per heavy atom. The number of hydrogen-bond donors (Lipinski definition) is 3. The maximum absolute atomic E-state index is 11.6. The summed E-state index contributed by atoms with van der Waals surface area (Å²) < 4.78 is 1.57. The van der Waals surface area contributed by atoms with Crippen LogP contribution in [-0.4, -0.2) is 37.9 Å². The molecule has 0 radical (unpaired) electrons. The third kappa shape index (κ3) is 2.24. The summed E-state index contributed by atoms with van der Waals surface area (Å²) in [6.45, 7) is 0.136. The Bertz CT molecular complexity index is 1050. The van der Waals surface area contributed by atoms with Crippen molar-refractivity contribution in [1.29, 1.82) is 0 Å². The van der Waals surface area contributed by atoms with Crippen LogP contribution < -0.4 is 11.1 Å². The summed E-state index contributed by atoms with van der Waals surface area (Å²) in [5.74, 6) is 0.263. The minimum Gasteiger partial charge on any atom is -0.383 e. The van der Waals surface area contributed by atoms with Crippen molar-refractivity contribution in [3.05, 3.63) is 36.7 Å². The highest BCUT2D eigenvalue weighted by Crippen LogP contribution is 2.29. The number of nitrogens with two attached hydrogens (primary N) is 1. The Balaban J connectivity index is 1.89. The fraction of sp³-hybridized carbons (Fsp3) is 0.125. The number of nitrogen functional groups attached to an aromatic ring is 1. The molecular weight excluding hydrogens is 306 g/mol. The molecule has 0 atom stereocenters. The molecular formula is C16H15N7O. The van der Waals surface area contributed by atoms with E-state index in [1.54, 1.807) is 24.1 Å². The molecule has 0 fully saturated rings. The Kier molecular flexibility index (Phi) is 3.16. The fourth-order valence-corrected chi connectivity index (χ4v) is 2.71. The van der Waals surface area contributed by atoms with Crippen molar-refractivity contribution in [3.8, 4) is 11.3 Å². The number of H-pyrrole nitrogens is 1. The molecule has 4 rings (SSSR count). The van der Waals surface area contributed by atoms with E-state index in [0.717, 1.165) is 33.1 Å². The molecule has 0 aliphatic heterocycles. The lowest BCUT2D eigenvalue weighted by Crippen LogP contribution is -2.23. The minimum absolute atomic E-state index is 0.125. The molecule has 1 aromatic carbocycles.